The summed E-state index contributed by atoms with van der Waals surface area (Å²) < 4.78 is 19.8. The van der Waals surface area contributed by atoms with E-state index < -0.39 is 11.4 Å². The summed E-state index contributed by atoms with van der Waals surface area (Å²) in [5.74, 6) is 0.168. The summed E-state index contributed by atoms with van der Waals surface area (Å²) in [6.45, 7) is 4.78. The molecule has 206 valence electrons. The Balaban J connectivity index is 1.65. The number of likely N-dealkylation sites (N-methyl/N-ethyl adjacent to an activating group) is 1. The number of nitrogens with zero attached hydrogens (tertiary/aromatic N) is 5. The van der Waals surface area contributed by atoms with Crippen LogP contribution in [-0.4, -0.2) is 60.3 Å². The Morgan fingerprint density at radius 3 is 2.62 bits per heavy atom. The molecule has 2 aromatic carbocycles. The molecule has 0 spiro atoms. The number of nitrogen functional groups attached to an aromatic ring is 1. The molecule has 39 heavy (non-hydrogen) atoms. The zero-order chi connectivity index (χ0) is 28.5. The van der Waals surface area contributed by atoms with Gasteiger partial charge in [-0.25, -0.2) is 9.37 Å². The van der Waals surface area contributed by atoms with E-state index in [-0.39, 0.29) is 27.9 Å². The summed E-state index contributed by atoms with van der Waals surface area (Å²) in [6.07, 6.45) is 2.39. The van der Waals surface area contributed by atoms with Crippen molar-refractivity contribution in [1.29, 1.82) is 5.26 Å². The van der Waals surface area contributed by atoms with Gasteiger partial charge in [-0.15, -0.1) is 0 Å². The highest BCUT2D eigenvalue weighted by Gasteiger charge is 2.27. The molecule has 5 N–H and O–H groups in total. The van der Waals surface area contributed by atoms with Gasteiger partial charge in [-0.05, 0) is 52.6 Å². The molecule has 0 amide bonds. The number of benzene rings is 2. The molecule has 0 aliphatic carbocycles. The first-order valence-electron chi connectivity index (χ1n) is 12.3. The van der Waals surface area contributed by atoms with Crippen molar-refractivity contribution < 1.29 is 14.2 Å². The zero-order valence-electron chi connectivity index (χ0n) is 22.5. The Kier molecular flexibility index (Phi) is 8.02. The maximum atomic E-state index is 14.2. The van der Waals surface area contributed by atoms with Crippen molar-refractivity contribution in [2.24, 2.45) is 0 Å². The number of methoxy groups -OCH3 is 1. The summed E-state index contributed by atoms with van der Waals surface area (Å²) >= 11 is 6.01. The van der Waals surface area contributed by atoms with E-state index in [1.54, 1.807) is 13.2 Å². The maximum Gasteiger partial charge on any atom is 0.229 e. The Bertz CT molecular complexity index is 1420. The Morgan fingerprint density at radius 1 is 1.26 bits per heavy atom. The molecule has 0 unspecified atom stereocenters. The van der Waals surface area contributed by atoms with Gasteiger partial charge in [-0.1, -0.05) is 11.6 Å². The minimum absolute atomic E-state index is 0.133. The third kappa shape index (κ3) is 6.09. The third-order valence-corrected chi connectivity index (χ3v) is 7.00. The summed E-state index contributed by atoms with van der Waals surface area (Å²) in [5, 5.41) is 26.2. The number of rotatable bonds is 8. The predicted octanol–water partition coefficient (Wildman–Crippen LogP) is 4.59. The van der Waals surface area contributed by atoms with Crippen molar-refractivity contribution >= 4 is 46.1 Å². The molecule has 1 aliphatic heterocycles. The maximum absolute atomic E-state index is 14.2. The fourth-order valence-corrected chi connectivity index (χ4v) is 4.70. The molecule has 2 heterocycles. The normalized spacial score (nSPS) is 15.4. The number of hydrogen-bond donors (Lipinski definition) is 4. The second-order valence-corrected chi connectivity index (χ2v) is 10.6. The Hall–Kier alpha value is -3.85. The number of nitriles is 1. The standard InChI is InChI=1S/C27H32ClFN8O2/c1-27(2,38)17-8-19(29)18(28)9-21(17)33-25-15(12-30)13-32-26(35-25)34-22-10-20(31)23(11-24(22)39-5)37-7-6-16(14-37)36(3)4/h8-11,13,16,38H,6-7,14,31H2,1-5H3,(H2,32,33,34,35)/t16-/m1/s1. The molecule has 0 radical (unpaired) electrons. The van der Waals surface area contributed by atoms with Crippen molar-refractivity contribution in [3.05, 3.63) is 52.4 Å². The Labute approximate surface area is 232 Å². The summed E-state index contributed by atoms with van der Waals surface area (Å²) in [6, 6.07) is 8.61. The number of hydrogen-bond acceptors (Lipinski definition) is 10. The lowest BCUT2D eigenvalue weighted by Gasteiger charge is -2.24. The second-order valence-electron chi connectivity index (χ2n) is 10.2. The van der Waals surface area contributed by atoms with Crippen LogP contribution in [-0.2, 0) is 5.60 Å². The highest BCUT2D eigenvalue weighted by Crippen LogP contribution is 2.39. The first kappa shape index (κ1) is 28.2. The highest BCUT2D eigenvalue weighted by atomic mass is 35.5. The molecule has 0 saturated carbocycles. The zero-order valence-corrected chi connectivity index (χ0v) is 23.3. The number of aromatic nitrogens is 2. The van der Waals surface area contributed by atoms with E-state index in [9.17, 15) is 14.8 Å². The SMILES string of the molecule is COc1cc(N2CC[C@@H](N(C)C)C2)c(N)cc1Nc1ncc(C#N)c(Nc2cc(Cl)c(F)cc2C(C)(C)O)n1. The van der Waals surface area contributed by atoms with E-state index in [0.29, 0.717) is 28.9 Å². The van der Waals surface area contributed by atoms with Crippen LogP contribution in [0.3, 0.4) is 0 Å². The highest BCUT2D eigenvalue weighted by molar-refractivity contribution is 6.31. The van der Waals surface area contributed by atoms with Gasteiger partial charge < -0.3 is 36.0 Å². The van der Waals surface area contributed by atoms with Crippen LogP contribution in [0.2, 0.25) is 5.02 Å². The lowest BCUT2D eigenvalue weighted by molar-refractivity contribution is 0.0790. The molecule has 1 atom stereocenters. The van der Waals surface area contributed by atoms with Crippen LogP contribution >= 0.6 is 11.6 Å². The van der Waals surface area contributed by atoms with Crippen molar-refractivity contribution in [1.82, 2.24) is 14.9 Å². The molecule has 0 bridgehead atoms. The molecule has 12 heteroatoms. The van der Waals surface area contributed by atoms with Crippen molar-refractivity contribution in [3.8, 4) is 11.8 Å². The molecule has 1 saturated heterocycles. The lowest BCUT2D eigenvalue weighted by Crippen LogP contribution is -2.31. The minimum atomic E-state index is -1.40. The number of anilines is 6. The van der Waals surface area contributed by atoms with Gasteiger partial charge in [0.15, 0.2) is 5.82 Å². The fourth-order valence-electron chi connectivity index (χ4n) is 4.53. The number of aliphatic hydroxyl groups is 1. The van der Waals surface area contributed by atoms with Gasteiger partial charge in [0, 0.05) is 36.4 Å². The summed E-state index contributed by atoms with van der Waals surface area (Å²) in [7, 11) is 5.71. The molecule has 1 fully saturated rings. The van der Waals surface area contributed by atoms with Gasteiger partial charge >= 0.3 is 0 Å². The third-order valence-electron chi connectivity index (χ3n) is 6.71. The first-order chi connectivity index (χ1) is 18.4. The van der Waals surface area contributed by atoms with Crippen LogP contribution in [0.15, 0.2) is 30.5 Å². The fraction of sp³-hybridized carbons (Fsp3) is 0.370. The van der Waals surface area contributed by atoms with Crippen LogP contribution in [0.1, 0.15) is 31.4 Å². The van der Waals surface area contributed by atoms with Crippen LogP contribution in [0.25, 0.3) is 0 Å². The summed E-state index contributed by atoms with van der Waals surface area (Å²) in [5.41, 5.74) is 7.71. The average molecular weight is 555 g/mol. The van der Waals surface area contributed by atoms with E-state index in [0.717, 1.165) is 31.3 Å². The topological polar surface area (TPSA) is 136 Å². The number of nitrogens with one attached hydrogen (secondary N) is 2. The monoisotopic (exact) mass is 554 g/mol. The molecule has 3 aromatic rings. The van der Waals surface area contributed by atoms with Gasteiger partial charge in [0.2, 0.25) is 5.95 Å². The summed E-state index contributed by atoms with van der Waals surface area (Å²) in [4.78, 5) is 13.2. The predicted molar refractivity (Wildman–Crippen MR) is 152 cm³/mol. The van der Waals surface area contributed by atoms with E-state index in [1.807, 2.05) is 12.1 Å². The molecule has 10 nitrogen and oxygen atoms in total. The van der Waals surface area contributed by atoms with Crippen LogP contribution in [0, 0.1) is 17.1 Å². The molecule has 4 rings (SSSR count). The smallest absolute Gasteiger partial charge is 0.229 e. The largest absolute Gasteiger partial charge is 0.494 e. The average Bonchev–Trinajstić information content (AvgIpc) is 3.36. The van der Waals surface area contributed by atoms with E-state index in [2.05, 4.69) is 44.5 Å². The van der Waals surface area contributed by atoms with E-state index >= 15 is 0 Å². The molecule has 1 aromatic heterocycles. The van der Waals surface area contributed by atoms with Crippen LogP contribution < -0.4 is 26.0 Å². The number of halogens is 2. The van der Waals surface area contributed by atoms with E-state index in [1.165, 1.54) is 26.1 Å². The van der Waals surface area contributed by atoms with E-state index in [4.69, 9.17) is 22.1 Å². The van der Waals surface area contributed by atoms with Crippen LogP contribution in [0.4, 0.5) is 38.9 Å². The van der Waals surface area contributed by atoms with Gasteiger partial charge in [0.25, 0.3) is 0 Å². The second kappa shape index (κ2) is 11.1. The van der Waals surface area contributed by atoms with Crippen molar-refractivity contribution in [2.75, 3.05) is 55.6 Å². The van der Waals surface area contributed by atoms with Crippen molar-refractivity contribution in [3.63, 3.8) is 0 Å². The first-order valence-corrected chi connectivity index (χ1v) is 12.7. The van der Waals surface area contributed by atoms with Gasteiger partial charge in [-0.2, -0.15) is 10.2 Å². The lowest BCUT2D eigenvalue weighted by atomic mass is 9.96. The number of nitrogens with two attached hydrogens (primary N) is 1. The minimum Gasteiger partial charge on any atom is -0.494 e. The van der Waals surface area contributed by atoms with Gasteiger partial charge in [0.1, 0.15) is 23.2 Å². The van der Waals surface area contributed by atoms with Crippen LogP contribution in [0.5, 0.6) is 5.75 Å². The van der Waals surface area contributed by atoms with Gasteiger partial charge in [0.05, 0.1) is 41.0 Å². The quantitative estimate of drug-likeness (QED) is 0.293. The van der Waals surface area contributed by atoms with Crippen molar-refractivity contribution in [2.45, 2.75) is 31.9 Å². The molecular weight excluding hydrogens is 523 g/mol. The Morgan fingerprint density at radius 2 is 2.00 bits per heavy atom. The molecule has 1 aliphatic rings. The molecular formula is C27H32ClFN8O2. The van der Waals surface area contributed by atoms with Gasteiger partial charge in [-0.3, -0.25) is 0 Å². The number of ether oxygens (including phenoxy) is 1.